The zero-order chi connectivity index (χ0) is 14.3. The van der Waals surface area contributed by atoms with Crippen LogP contribution in [0, 0.1) is 0 Å². The van der Waals surface area contributed by atoms with Gasteiger partial charge in [0.25, 0.3) is 5.92 Å². The molecule has 0 bridgehead atoms. The highest BCUT2D eigenvalue weighted by Gasteiger charge is 2.40. The van der Waals surface area contributed by atoms with E-state index in [0.717, 1.165) is 6.07 Å². The van der Waals surface area contributed by atoms with Crippen LogP contribution in [0.1, 0.15) is 22.9 Å². The van der Waals surface area contributed by atoms with Gasteiger partial charge in [-0.05, 0) is 17.7 Å². The van der Waals surface area contributed by atoms with Crippen LogP contribution >= 0.6 is 39.1 Å². The molecule has 0 amide bonds. The van der Waals surface area contributed by atoms with E-state index in [1.165, 1.54) is 0 Å². The average Bonchev–Trinajstić information content (AvgIpc) is 2.17. The van der Waals surface area contributed by atoms with Gasteiger partial charge in [-0.3, -0.25) is 0 Å². The first kappa shape index (κ1) is 16.0. The highest BCUT2D eigenvalue weighted by Crippen LogP contribution is 2.44. The summed E-state index contributed by atoms with van der Waals surface area (Å²) in [5.41, 5.74) is -1.16. The van der Waals surface area contributed by atoms with Crippen LogP contribution in [0.3, 0.4) is 0 Å². The minimum Gasteiger partial charge on any atom is -0.202 e. The number of alkyl halides is 6. The van der Waals surface area contributed by atoms with Crippen molar-refractivity contribution < 1.29 is 22.0 Å². The second-order valence-corrected chi connectivity index (χ2v) is 5.36. The Hall–Kier alpha value is -0.0700. The van der Waals surface area contributed by atoms with Crippen LogP contribution < -0.4 is 0 Å². The Morgan fingerprint density at radius 2 is 1.61 bits per heavy atom. The Bertz CT molecular complexity index is 453. The molecule has 0 saturated carbocycles. The van der Waals surface area contributed by atoms with Crippen molar-refractivity contribution in [2.75, 3.05) is 0 Å². The van der Waals surface area contributed by atoms with E-state index < -0.39 is 33.1 Å². The van der Waals surface area contributed by atoms with Crippen LogP contribution in [-0.4, -0.2) is 6.18 Å². The maximum Gasteiger partial charge on any atom is 0.405 e. The van der Waals surface area contributed by atoms with Crippen molar-refractivity contribution in [3.05, 3.63) is 33.3 Å². The maximum absolute atomic E-state index is 13.2. The first-order valence-corrected chi connectivity index (χ1v) is 6.19. The van der Waals surface area contributed by atoms with Gasteiger partial charge in [0.15, 0.2) is 0 Å². The van der Waals surface area contributed by atoms with E-state index in [1.807, 2.05) is 0 Å². The van der Waals surface area contributed by atoms with E-state index in [0.29, 0.717) is 13.0 Å². The van der Waals surface area contributed by atoms with E-state index in [9.17, 15) is 22.0 Å². The molecule has 0 radical (unpaired) electrons. The van der Waals surface area contributed by atoms with Gasteiger partial charge >= 0.3 is 6.18 Å². The molecule has 0 heterocycles. The molecule has 0 N–H and O–H groups in total. The fourth-order valence-corrected chi connectivity index (χ4v) is 2.03. The highest BCUT2D eigenvalue weighted by atomic mass is 79.9. The third-order valence-electron chi connectivity index (χ3n) is 2.10. The molecule has 1 aromatic carbocycles. The molecule has 0 aliphatic carbocycles. The molecule has 1 unspecified atom stereocenters. The van der Waals surface area contributed by atoms with Crippen LogP contribution in [0.4, 0.5) is 22.0 Å². The lowest BCUT2D eigenvalue weighted by Gasteiger charge is -2.19. The summed E-state index contributed by atoms with van der Waals surface area (Å²) in [6.07, 6.45) is -4.61. The van der Waals surface area contributed by atoms with Crippen molar-refractivity contribution in [3.8, 4) is 0 Å². The summed E-state index contributed by atoms with van der Waals surface area (Å²) in [6.45, 7) is 0.533. The Kier molecular flexibility index (Phi) is 4.56. The van der Waals surface area contributed by atoms with Crippen molar-refractivity contribution in [1.29, 1.82) is 0 Å². The quantitative estimate of drug-likeness (QED) is 0.435. The topological polar surface area (TPSA) is 0 Å². The molecule has 0 spiro atoms. The molecule has 0 aliphatic rings. The van der Waals surface area contributed by atoms with Crippen molar-refractivity contribution in [2.24, 2.45) is 0 Å². The molecule has 1 aromatic rings. The minimum absolute atomic E-state index is 0.348. The van der Waals surface area contributed by atoms with Crippen LogP contribution in [-0.2, 0) is 5.92 Å². The lowest BCUT2D eigenvalue weighted by atomic mass is 10.0. The van der Waals surface area contributed by atoms with Gasteiger partial charge in [-0.25, -0.2) is 8.78 Å². The van der Waals surface area contributed by atoms with Crippen molar-refractivity contribution >= 4 is 39.1 Å². The Morgan fingerprint density at radius 1 is 1.11 bits per heavy atom. The predicted octanol–water partition coefficient (Wildman–Crippen LogP) is 6.10. The molecule has 0 saturated heterocycles. The van der Waals surface area contributed by atoms with Gasteiger partial charge in [-0.2, -0.15) is 13.2 Å². The molecule has 18 heavy (non-hydrogen) atoms. The predicted molar refractivity (Wildman–Crippen MR) is 63.8 cm³/mol. The average molecular weight is 372 g/mol. The van der Waals surface area contributed by atoms with E-state index >= 15 is 0 Å². The first-order chi connectivity index (χ1) is 7.94. The Morgan fingerprint density at radius 3 is 2.00 bits per heavy atom. The largest absolute Gasteiger partial charge is 0.405 e. The Balaban J connectivity index is 3.38. The van der Waals surface area contributed by atoms with Gasteiger partial charge in [0.2, 0.25) is 0 Å². The zero-order valence-electron chi connectivity index (χ0n) is 8.76. The minimum atomic E-state index is -4.61. The van der Waals surface area contributed by atoms with Gasteiger partial charge in [0.1, 0.15) is 4.83 Å². The molecule has 0 fully saturated rings. The van der Waals surface area contributed by atoms with E-state index in [1.54, 1.807) is 0 Å². The second-order valence-electron chi connectivity index (χ2n) is 3.66. The first-order valence-electron chi connectivity index (χ1n) is 4.52. The third-order valence-corrected chi connectivity index (χ3v) is 3.95. The maximum atomic E-state index is 13.2. The van der Waals surface area contributed by atoms with Crippen molar-refractivity contribution in [3.63, 3.8) is 0 Å². The number of benzene rings is 1. The highest BCUT2D eigenvalue weighted by molar-refractivity contribution is 9.09. The van der Waals surface area contributed by atoms with Gasteiger partial charge < -0.3 is 0 Å². The number of halogens is 8. The Labute approximate surface area is 118 Å². The summed E-state index contributed by atoms with van der Waals surface area (Å²) in [7, 11) is 0. The van der Waals surface area contributed by atoms with Crippen molar-refractivity contribution in [1.82, 2.24) is 0 Å². The molecule has 1 rings (SSSR count). The number of rotatable bonds is 2. The molecule has 8 heteroatoms. The van der Waals surface area contributed by atoms with E-state index in [4.69, 9.17) is 23.2 Å². The molecule has 0 aliphatic heterocycles. The SMILES string of the molecule is CC(F)(F)c1cc(C(Br)C(F)(F)F)cc(Cl)c1Cl. The fourth-order valence-electron chi connectivity index (χ4n) is 1.26. The van der Waals surface area contributed by atoms with Crippen molar-refractivity contribution in [2.45, 2.75) is 23.8 Å². The molecular formula is C10H6BrCl2F5. The fraction of sp³-hybridized carbons (Fsp3) is 0.400. The summed E-state index contributed by atoms with van der Waals surface area (Å²) >= 11 is 13.5. The molecule has 102 valence electrons. The van der Waals surface area contributed by atoms with E-state index in [2.05, 4.69) is 15.9 Å². The van der Waals surface area contributed by atoms with Crippen LogP contribution in [0.5, 0.6) is 0 Å². The standard InChI is InChI=1S/C10H6BrCl2F5/c1-9(14,15)5-2-4(3-6(12)7(5)13)8(11)10(16,17)18/h2-3,8H,1H3. The van der Waals surface area contributed by atoms with Gasteiger partial charge in [-0.1, -0.05) is 39.1 Å². The summed E-state index contributed by atoms with van der Waals surface area (Å²) in [5.74, 6) is -3.38. The third kappa shape index (κ3) is 3.48. The molecular weight excluding hydrogens is 366 g/mol. The summed E-state index contributed by atoms with van der Waals surface area (Å²) in [6, 6.07) is 1.60. The van der Waals surface area contributed by atoms with Gasteiger partial charge in [0, 0.05) is 12.5 Å². The second kappa shape index (κ2) is 5.13. The number of hydrogen-bond donors (Lipinski definition) is 0. The zero-order valence-corrected chi connectivity index (χ0v) is 11.9. The van der Waals surface area contributed by atoms with Gasteiger partial charge in [0.05, 0.1) is 10.0 Å². The smallest absolute Gasteiger partial charge is 0.202 e. The van der Waals surface area contributed by atoms with Gasteiger partial charge in [-0.15, -0.1) is 0 Å². The van der Waals surface area contributed by atoms with Crippen LogP contribution in [0.15, 0.2) is 12.1 Å². The normalized spacial score (nSPS) is 14.7. The molecule has 0 nitrogen and oxygen atoms in total. The summed E-state index contributed by atoms with van der Waals surface area (Å²) in [5, 5.41) is -0.797. The van der Waals surface area contributed by atoms with Crippen LogP contribution in [0.2, 0.25) is 10.0 Å². The molecule has 0 aromatic heterocycles. The summed E-state index contributed by atoms with van der Waals surface area (Å²) < 4.78 is 63.8. The lowest BCUT2D eigenvalue weighted by molar-refractivity contribution is -0.128. The van der Waals surface area contributed by atoms with E-state index in [-0.39, 0.29) is 5.02 Å². The monoisotopic (exact) mass is 370 g/mol. The lowest BCUT2D eigenvalue weighted by Crippen LogP contribution is -2.17. The number of hydrogen-bond acceptors (Lipinski definition) is 0. The molecule has 1 atom stereocenters. The summed E-state index contributed by atoms with van der Waals surface area (Å²) in [4.78, 5) is -2.08. The van der Waals surface area contributed by atoms with Crippen LogP contribution in [0.25, 0.3) is 0 Å².